The summed E-state index contributed by atoms with van der Waals surface area (Å²) in [6.07, 6.45) is -0.768. The van der Waals surface area contributed by atoms with Gasteiger partial charge in [0.25, 0.3) is 5.91 Å². The molecule has 1 aliphatic carbocycles. The fourth-order valence-electron chi connectivity index (χ4n) is 4.94. The zero-order valence-electron chi connectivity index (χ0n) is 22.8. The molecule has 0 aliphatic heterocycles. The molecule has 1 heterocycles. The van der Waals surface area contributed by atoms with Gasteiger partial charge in [0, 0.05) is 30.6 Å². The van der Waals surface area contributed by atoms with Crippen molar-refractivity contribution in [1.29, 1.82) is 0 Å². The molecule has 1 fully saturated rings. The predicted molar refractivity (Wildman–Crippen MR) is 145 cm³/mol. The minimum absolute atomic E-state index is 0.151. The van der Waals surface area contributed by atoms with Crippen molar-refractivity contribution >= 4 is 23.5 Å². The number of aryl methyl sites for hydroxylation is 1. The van der Waals surface area contributed by atoms with Crippen LogP contribution in [0, 0.1) is 12.8 Å². The molecule has 1 saturated carbocycles. The Hall–Kier alpha value is -4.15. The van der Waals surface area contributed by atoms with Crippen LogP contribution in [-0.4, -0.2) is 36.4 Å². The van der Waals surface area contributed by atoms with Crippen molar-refractivity contribution < 1.29 is 36.7 Å². The molecule has 0 saturated heterocycles. The molecule has 2 N–H and O–H groups in total. The van der Waals surface area contributed by atoms with Crippen molar-refractivity contribution in [2.24, 2.45) is 5.92 Å². The van der Waals surface area contributed by atoms with E-state index in [9.17, 15) is 27.6 Å². The molecule has 1 aromatic heterocycles. The number of hydrogen-bond donors (Lipinski definition) is 2. The molecule has 4 rings (SSSR count). The Morgan fingerprint density at radius 1 is 1.00 bits per heavy atom. The van der Waals surface area contributed by atoms with Crippen LogP contribution in [-0.2, 0) is 20.5 Å². The molecule has 1 aliphatic rings. The lowest BCUT2D eigenvalue weighted by Crippen LogP contribution is -2.29. The number of methoxy groups -OCH3 is 1. The summed E-state index contributed by atoms with van der Waals surface area (Å²) < 4.78 is 50.2. The number of aromatic nitrogens is 1. The fraction of sp³-hybridized carbons (Fsp3) is 0.400. The molecule has 0 atom stereocenters. The topological polar surface area (TPSA) is 111 Å². The molecule has 2 aromatic carbocycles. The standard InChI is InChI=1S/C30H32F3N3O5/c1-18-3-7-22(8-4-18)29-36-26(27(41-29)30(31,32)33)28(39)34-16-15-24(37)35-23-13-11-21(12-14-23)20-9-5-19(6-10-20)17-25(38)40-2/h3-4,7-8,11-14,19-20H,5-6,9-10,15-17H2,1-2H3,(H,34,39)(H,35,37)/t19-,20-. The maximum atomic E-state index is 13.5. The maximum Gasteiger partial charge on any atom is 0.452 e. The summed E-state index contributed by atoms with van der Waals surface area (Å²) in [4.78, 5) is 40.2. The lowest BCUT2D eigenvalue weighted by molar-refractivity contribution is -0.153. The van der Waals surface area contributed by atoms with E-state index < -0.39 is 29.4 Å². The first-order valence-corrected chi connectivity index (χ1v) is 13.4. The van der Waals surface area contributed by atoms with Crippen LogP contribution in [0.5, 0.6) is 0 Å². The Balaban J connectivity index is 1.27. The Bertz CT molecular complexity index is 1360. The van der Waals surface area contributed by atoms with E-state index >= 15 is 0 Å². The minimum Gasteiger partial charge on any atom is -0.469 e. The molecular formula is C30H32F3N3O5. The number of rotatable bonds is 9. The lowest BCUT2D eigenvalue weighted by Gasteiger charge is -2.28. The number of nitrogens with one attached hydrogen (secondary N) is 2. The van der Waals surface area contributed by atoms with E-state index in [4.69, 9.17) is 9.15 Å². The zero-order valence-corrected chi connectivity index (χ0v) is 22.8. The molecular weight excluding hydrogens is 539 g/mol. The highest BCUT2D eigenvalue weighted by Crippen LogP contribution is 2.38. The number of nitrogens with zero attached hydrogens (tertiary/aromatic N) is 1. The van der Waals surface area contributed by atoms with Gasteiger partial charge in [0.1, 0.15) is 0 Å². The quantitative estimate of drug-likeness (QED) is 0.293. The number of anilines is 1. The van der Waals surface area contributed by atoms with Gasteiger partial charge >= 0.3 is 12.1 Å². The third kappa shape index (κ3) is 7.96. The van der Waals surface area contributed by atoms with Crippen molar-refractivity contribution in [1.82, 2.24) is 10.3 Å². The smallest absolute Gasteiger partial charge is 0.452 e. The highest BCUT2D eigenvalue weighted by atomic mass is 19.4. The van der Waals surface area contributed by atoms with Gasteiger partial charge in [0.15, 0.2) is 5.69 Å². The van der Waals surface area contributed by atoms with Gasteiger partial charge in [-0.1, -0.05) is 29.8 Å². The van der Waals surface area contributed by atoms with Gasteiger partial charge in [-0.15, -0.1) is 0 Å². The summed E-state index contributed by atoms with van der Waals surface area (Å²) in [5.41, 5.74) is 2.05. The first-order chi connectivity index (χ1) is 19.5. The molecule has 0 spiro atoms. The number of alkyl halides is 3. The Labute approximate surface area is 235 Å². The molecule has 8 nitrogen and oxygen atoms in total. The number of ether oxygens (including phenoxy) is 1. The first kappa shape index (κ1) is 29.8. The highest BCUT2D eigenvalue weighted by Gasteiger charge is 2.42. The van der Waals surface area contributed by atoms with Gasteiger partial charge in [-0.3, -0.25) is 14.4 Å². The van der Waals surface area contributed by atoms with Gasteiger partial charge in [-0.05, 0) is 74.3 Å². The van der Waals surface area contributed by atoms with E-state index in [-0.39, 0.29) is 24.8 Å². The summed E-state index contributed by atoms with van der Waals surface area (Å²) in [7, 11) is 1.40. The van der Waals surface area contributed by atoms with Crippen LogP contribution in [0.3, 0.4) is 0 Å². The molecule has 41 heavy (non-hydrogen) atoms. The molecule has 0 unspecified atom stereocenters. The van der Waals surface area contributed by atoms with Gasteiger partial charge in [0.05, 0.1) is 7.11 Å². The molecule has 2 amide bonds. The molecule has 3 aromatic rings. The largest absolute Gasteiger partial charge is 0.469 e. The van der Waals surface area contributed by atoms with Crippen LogP contribution in [0.25, 0.3) is 11.5 Å². The lowest BCUT2D eigenvalue weighted by atomic mass is 9.77. The summed E-state index contributed by atoms with van der Waals surface area (Å²) >= 11 is 0. The normalized spacial score (nSPS) is 17.1. The van der Waals surface area contributed by atoms with Gasteiger partial charge in [-0.25, -0.2) is 4.98 Å². The van der Waals surface area contributed by atoms with E-state index in [1.54, 1.807) is 36.4 Å². The highest BCUT2D eigenvalue weighted by molar-refractivity contribution is 5.95. The van der Waals surface area contributed by atoms with Crippen LogP contribution in [0.1, 0.15) is 71.8 Å². The van der Waals surface area contributed by atoms with Gasteiger partial charge < -0.3 is 19.8 Å². The molecule has 11 heteroatoms. The number of carbonyl (C=O) groups is 3. The Morgan fingerprint density at radius 2 is 1.66 bits per heavy atom. The second kappa shape index (κ2) is 13.0. The number of carbonyl (C=O) groups excluding carboxylic acids is 3. The second-order valence-corrected chi connectivity index (χ2v) is 10.2. The number of amides is 2. The van der Waals surface area contributed by atoms with Crippen molar-refractivity contribution in [3.05, 3.63) is 71.1 Å². The minimum atomic E-state index is -4.92. The summed E-state index contributed by atoms with van der Waals surface area (Å²) in [6.45, 7) is 1.63. The number of benzene rings is 2. The number of esters is 1. The number of halogens is 3. The van der Waals surface area contributed by atoms with E-state index in [1.807, 2.05) is 19.1 Å². The van der Waals surface area contributed by atoms with Crippen LogP contribution < -0.4 is 10.6 Å². The van der Waals surface area contributed by atoms with Crippen molar-refractivity contribution in [3.63, 3.8) is 0 Å². The van der Waals surface area contributed by atoms with Crippen molar-refractivity contribution in [2.75, 3.05) is 19.0 Å². The van der Waals surface area contributed by atoms with Gasteiger partial charge in [-0.2, -0.15) is 13.2 Å². The predicted octanol–water partition coefficient (Wildman–Crippen LogP) is 6.26. The van der Waals surface area contributed by atoms with Crippen molar-refractivity contribution in [2.45, 2.75) is 57.5 Å². The average molecular weight is 572 g/mol. The third-order valence-corrected chi connectivity index (χ3v) is 7.23. The molecule has 218 valence electrons. The van der Waals surface area contributed by atoms with Crippen LogP contribution in [0.15, 0.2) is 52.9 Å². The van der Waals surface area contributed by atoms with Crippen molar-refractivity contribution in [3.8, 4) is 11.5 Å². The van der Waals surface area contributed by atoms with E-state index in [1.165, 1.54) is 7.11 Å². The summed E-state index contributed by atoms with van der Waals surface area (Å²) in [6, 6.07) is 14.0. The Morgan fingerprint density at radius 3 is 2.27 bits per heavy atom. The molecule has 0 bridgehead atoms. The van der Waals surface area contributed by atoms with Gasteiger partial charge in [0.2, 0.25) is 17.6 Å². The average Bonchev–Trinajstić information content (AvgIpc) is 3.41. The first-order valence-electron chi connectivity index (χ1n) is 13.4. The zero-order chi connectivity index (χ0) is 29.6. The number of hydrogen-bond acceptors (Lipinski definition) is 6. The second-order valence-electron chi connectivity index (χ2n) is 10.2. The maximum absolute atomic E-state index is 13.5. The van der Waals surface area contributed by atoms with Crippen LogP contribution in [0.4, 0.5) is 18.9 Å². The fourth-order valence-corrected chi connectivity index (χ4v) is 4.94. The SMILES string of the molecule is COC(=O)C[C@H]1CC[C@H](c2ccc(NC(=O)CCNC(=O)c3nc(-c4ccc(C)cc4)oc3C(F)(F)F)cc2)CC1. The third-order valence-electron chi connectivity index (χ3n) is 7.23. The summed E-state index contributed by atoms with van der Waals surface area (Å²) in [5.74, 6) is -2.75. The van der Waals surface area contributed by atoms with Crippen LogP contribution in [0.2, 0.25) is 0 Å². The Kier molecular flexibility index (Phi) is 9.46. The van der Waals surface area contributed by atoms with E-state index in [0.29, 0.717) is 29.5 Å². The number of oxazole rings is 1. The van der Waals surface area contributed by atoms with E-state index in [0.717, 1.165) is 36.8 Å². The molecule has 0 radical (unpaired) electrons. The monoisotopic (exact) mass is 571 g/mol. The van der Waals surface area contributed by atoms with Crippen LogP contribution >= 0.6 is 0 Å². The van der Waals surface area contributed by atoms with E-state index in [2.05, 4.69) is 15.6 Å². The summed E-state index contributed by atoms with van der Waals surface area (Å²) in [5, 5.41) is 5.05.